The monoisotopic (exact) mass is 331 g/mol. The lowest BCUT2D eigenvalue weighted by Gasteiger charge is -2.31. The second-order valence-electron chi connectivity index (χ2n) is 4.92. The summed E-state index contributed by atoms with van der Waals surface area (Å²) in [4.78, 5) is 6.20. The molecular weight excluding hydrogens is 319 g/mol. The molecule has 1 saturated heterocycles. The molecule has 4 nitrogen and oxygen atoms in total. The van der Waals surface area contributed by atoms with Crippen molar-refractivity contribution >= 4 is 28.2 Å². The van der Waals surface area contributed by atoms with Crippen molar-refractivity contribution in [1.29, 1.82) is 0 Å². The van der Waals surface area contributed by atoms with Gasteiger partial charge in [0.25, 0.3) is 0 Å². The molecule has 0 spiro atoms. The molecule has 0 saturated carbocycles. The topological polar surface area (TPSA) is 37.4 Å². The number of fused-ring (bicyclic) bond motifs is 1. The van der Waals surface area contributed by atoms with E-state index in [1.54, 1.807) is 0 Å². The molecule has 0 atom stereocenters. The number of halogens is 4. The molecule has 1 aromatic heterocycles. The first-order chi connectivity index (χ1) is 10.4. The Kier molecular flexibility index (Phi) is 4.01. The number of anilines is 1. The molecule has 1 aromatic carbocycles. The van der Waals surface area contributed by atoms with E-state index in [0.29, 0.717) is 21.6 Å². The van der Waals surface area contributed by atoms with E-state index in [1.807, 2.05) is 4.90 Å². The Morgan fingerprint density at radius 3 is 2.64 bits per heavy atom. The van der Waals surface area contributed by atoms with E-state index in [9.17, 15) is 13.2 Å². The minimum absolute atomic E-state index is 0.277. The van der Waals surface area contributed by atoms with Gasteiger partial charge in [-0.25, -0.2) is 0 Å². The number of nitrogens with zero attached hydrogens (tertiary/aromatic N) is 2. The highest BCUT2D eigenvalue weighted by Crippen LogP contribution is 2.36. The average molecular weight is 332 g/mol. The predicted molar refractivity (Wildman–Crippen MR) is 78.5 cm³/mol. The number of benzene rings is 1. The van der Waals surface area contributed by atoms with Crippen molar-refractivity contribution in [2.45, 2.75) is 6.36 Å². The molecule has 0 radical (unpaired) electrons. The van der Waals surface area contributed by atoms with Crippen molar-refractivity contribution in [3.63, 3.8) is 0 Å². The Labute approximate surface area is 129 Å². The Morgan fingerprint density at radius 1 is 1.23 bits per heavy atom. The third-order valence-electron chi connectivity index (χ3n) is 3.43. The van der Waals surface area contributed by atoms with E-state index < -0.39 is 6.36 Å². The minimum atomic E-state index is -4.73. The third kappa shape index (κ3) is 3.20. The predicted octanol–water partition coefficient (Wildman–Crippen LogP) is 3.20. The fraction of sp³-hybridized carbons (Fsp3) is 0.357. The van der Waals surface area contributed by atoms with Gasteiger partial charge in [0, 0.05) is 37.8 Å². The summed E-state index contributed by atoms with van der Waals surface area (Å²) in [5, 5.41) is 4.19. The normalized spacial score (nSPS) is 16.1. The maximum atomic E-state index is 12.4. The minimum Gasteiger partial charge on any atom is -0.406 e. The molecule has 2 aromatic rings. The standard InChI is InChI=1S/C14H13ClF3N3O/c15-11-8-20-12-2-1-9(22-14(16,17)18)7-10(12)13(11)21-5-3-19-4-6-21/h1-2,7-8,19H,3-6H2. The van der Waals surface area contributed by atoms with Crippen LogP contribution >= 0.6 is 11.6 Å². The van der Waals surface area contributed by atoms with Crippen LogP contribution in [0.15, 0.2) is 24.4 Å². The molecule has 0 aliphatic carbocycles. The second kappa shape index (κ2) is 5.81. The first-order valence-electron chi connectivity index (χ1n) is 6.74. The maximum absolute atomic E-state index is 12.4. The van der Waals surface area contributed by atoms with Crippen LogP contribution in [0.2, 0.25) is 5.02 Å². The quantitative estimate of drug-likeness (QED) is 0.917. The average Bonchev–Trinajstić information content (AvgIpc) is 2.46. The van der Waals surface area contributed by atoms with Crippen molar-refractivity contribution in [2.75, 3.05) is 31.1 Å². The molecule has 1 aliphatic rings. The fourth-order valence-electron chi connectivity index (χ4n) is 2.54. The Bertz CT molecular complexity index is 687. The summed E-state index contributed by atoms with van der Waals surface area (Å²) in [7, 11) is 0. The van der Waals surface area contributed by atoms with Gasteiger partial charge in [0.05, 0.1) is 16.2 Å². The smallest absolute Gasteiger partial charge is 0.406 e. The third-order valence-corrected chi connectivity index (χ3v) is 3.71. The van der Waals surface area contributed by atoms with Gasteiger partial charge in [-0.1, -0.05) is 11.6 Å². The highest BCUT2D eigenvalue weighted by atomic mass is 35.5. The summed E-state index contributed by atoms with van der Waals surface area (Å²) in [6, 6.07) is 4.08. The largest absolute Gasteiger partial charge is 0.573 e. The molecular formula is C14H13ClF3N3O. The van der Waals surface area contributed by atoms with Gasteiger partial charge >= 0.3 is 6.36 Å². The van der Waals surface area contributed by atoms with E-state index in [1.165, 1.54) is 24.4 Å². The molecule has 1 fully saturated rings. The zero-order chi connectivity index (χ0) is 15.7. The van der Waals surface area contributed by atoms with Crippen LogP contribution in [0.3, 0.4) is 0 Å². The molecule has 2 heterocycles. The van der Waals surface area contributed by atoms with Gasteiger partial charge < -0.3 is 15.0 Å². The molecule has 0 bridgehead atoms. The van der Waals surface area contributed by atoms with E-state index in [4.69, 9.17) is 11.6 Å². The van der Waals surface area contributed by atoms with Crippen LogP contribution in [0.4, 0.5) is 18.9 Å². The van der Waals surface area contributed by atoms with E-state index in [0.717, 1.165) is 26.2 Å². The molecule has 0 amide bonds. The maximum Gasteiger partial charge on any atom is 0.573 e. The number of pyridine rings is 1. The molecule has 1 N–H and O–H groups in total. The lowest BCUT2D eigenvalue weighted by Crippen LogP contribution is -2.43. The number of piperazine rings is 1. The lowest BCUT2D eigenvalue weighted by molar-refractivity contribution is -0.274. The van der Waals surface area contributed by atoms with Gasteiger partial charge in [0.1, 0.15) is 5.75 Å². The van der Waals surface area contributed by atoms with Crippen LogP contribution in [0.5, 0.6) is 5.75 Å². The second-order valence-corrected chi connectivity index (χ2v) is 5.33. The van der Waals surface area contributed by atoms with Crippen LogP contribution in [-0.4, -0.2) is 37.5 Å². The molecule has 0 unspecified atom stereocenters. The van der Waals surface area contributed by atoms with Crippen molar-refractivity contribution in [3.8, 4) is 5.75 Å². The zero-order valence-electron chi connectivity index (χ0n) is 11.5. The Hall–Kier alpha value is -1.73. The van der Waals surface area contributed by atoms with Crippen LogP contribution in [0, 0.1) is 0 Å². The van der Waals surface area contributed by atoms with Gasteiger partial charge in [-0.2, -0.15) is 0 Å². The number of alkyl halides is 3. The van der Waals surface area contributed by atoms with Crippen LogP contribution < -0.4 is 15.0 Å². The van der Waals surface area contributed by atoms with Crippen LogP contribution in [-0.2, 0) is 0 Å². The Balaban J connectivity index is 2.08. The van der Waals surface area contributed by atoms with E-state index in [2.05, 4.69) is 15.0 Å². The molecule has 118 valence electrons. The number of hydrogen-bond acceptors (Lipinski definition) is 4. The van der Waals surface area contributed by atoms with E-state index >= 15 is 0 Å². The van der Waals surface area contributed by atoms with Gasteiger partial charge in [-0.05, 0) is 18.2 Å². The molecule has 3 rings (SSSR count). The molecule has 8 heteroatoms. The van der Waals surface area contributed by atoms with Gasteiger partial charge in [-0.3, -0.25) is 4.98 Å². The van der Waals surface area contributed by atoms with Gasteiger partial charge in [0.15, 0.2) is 0 Å². The van der Waals surface area contributed by atoms with Crippen molar-refractivity contribution in [2.24, 2.45) is 0 Å². The van der Waals surface area contributed by atoms with Crippen molar-refractivity contribution in [3.05, 3.63) is 29.4 Å². The summed E-state index contributed by atoms with van der Waals surface area (Å²) < 4.78 is 41.2. The SMILES string of the molecule is FC(F)(F)Oc1ccc2ncc(Cl)c(N3CCNCC3)c2c1. The van der Waals surface area contributed by atoms with Gasteiger partial charge in [0.2, 0.25) is 0 Å². The van der Waals surface area contributed by atoms with E-state index in [-0.39, 0.29) is 5.75 Å². The number of nitrogens with one attached hydrogen (secondary N) is 1. The first kappa shape index (κ1) is 15.2. The van der Waals surface area contributed by atoms with Crippen molar-refractivity contribution in [1.82, 2.24) is 10.3 Å². The summed E-state index contributed by atoms with van der Waals surface area (Å²) in [6.07, 6.45) is -3.21. The van der Waals surface area contributed by atoms with Gasteiger partial charge in [-0.15, -0.1) is 13.2 Å². The Morgan fingerprint density at radius 2 is 1.95 bits per heavy atom. The number of ether oxygens (including phenoxy) is 1. The molecule has 22 heavy (non-hydrogen) atoms. The molecule has 1 aliphatic heterocycles. The van der Waals surface area contributed by atoms with Crippen LogP contribution in [0.25, 0.3) is 10.9 Å². The fourth-order valence-corrected chi connectivity index (χ4v) is 2.81. The summed E-state index contributed by atoms with van der Waals surface area (Å²) in [6.45, 7) is 3.03. The number of aromatic nitrogens is 1. The number of hydrogen-bond donors (Lipinski definition) is 1. The highest BCUT2D eigenvalue weighted by Gasteiger charge is 2.31. The summed E-state index contributed by atoms with van der Waals surface area (Å²) >= 11 is 6.23. The summed E-state index contributed by atoms with van der Waals surface area (Å²) in [5.74, 6) is -0.277. The number of rotatable bonds is 2. The first-order valence-corrected chi connectivity index (χ1v) is 7.11. The lowest BCUT2D eigenvalue weighted by atomic mass is 10.1. The highest BCUT2D eigenvalue weighted by molar-refractivity contribution is 6.34. The summed E-state index contributed by atoms with van der Waals surface area (Å²) in [5.41, 5.74) is 1.27. The van der Waals surface area contributed by atoms with Crippen LogP contribution in [0.1, 0.15) is 0 Å². The van der Waals surface area contributed by atoms with Crippen molar-refractivity contribution < 1.29 is 17.9 Å². The zero-order valence-corrected chi connectivity index (χ0v) is 12.2.